The second-order valence-electron chi connectivity index (χ2n) is 5.92. The van der Waals surface area contributed by atoms with Gasteiger partial charge in [0.05, 0.1) is 11.4 Å². The van der Waals surface area contributed by atoms with E-state index in [0.717, 1.165) is 11.1 Å². The summed E-state index contributed by atoms with van der Waals surface area (Å²) in [4.78, 5) is 12.4. The van der Waals surface area contributed by atoms with Crippen molar-refractivity contribution >= 4 is 33.2 Å². The second kappa shape index (κ2) is 5.52. The topological polar surface area (TPSA) is 69.7 Å². The van der Waals surface area contributed by atoms with Crippen molar-refractivity contribution in [2.75, 3.05) is 28.0 Å². The van der Waals surface area contributed by atoms with Gasteiger partial charge in [-0.25, -0.2) is 0 Å². The molecule has 1 aliphatic heterocycles. The van der Waals surface area contributed by atoms with Crippen LogP contribution in [0.25, 0.3) is 0 Å². The smallest absolute Gasteiger partial charge is 0.322 e. The number of rotatable bonds is 2. The first-order valence-electron chi connectivity index (χ1n) is 7.47. The first-order chi connectivity index (χ1) is 11.2. The molecule has 7 heteroatoms. The normalized spacial score (nSPS) is 15.3. The molecule has 1 heterocycles. The van der Waals surface area contributed by atoms with Crippen LogP contribution in [0.5, 0.6) is 0 Å². The zero-order valence-corrected chi connectivity index (χ0v) is 14.8. The van der Waals surface area contributed by atoms with Crippen molar-refractivity contribution in [1.82, 2.24) is 0 Å². The predicted molar refractivity (Wildman–Crippen MR) is 96.0 cm³/mol. The number of hydrogen-bond acceptors (Lipinski definition) is 3. The Morgan fingerprint density at radius 1 is 1.00 bits per heavy atom. The number of fused-ring (bicyclic) bond motifs is 1. The van der Waals surface area contributed by atoms with Crippen molar-refractivity contribution in [3.05, 3.63) is 53.1 Å². The van der Waals surface area contributed by atoms with Crippen LogP contribution < -0.4 is 13.9 Å². The van der Waals surface area contributed by atoms with Crippen molar-refractivity contribution < 1.29 is 13.2 Å². The molecule has 1 amide bonds. The number of carbonyl (C=O) groups excluding carboxylic acids is 1. The van der Waals surface area contributed by atoms with Crippen molar-refractivity contribution in [2.24, 2.45) is 0 Å². The Bertz CT molecular complexity index is 938. The number of aryl methyl sites for hydroxylation is 2. The lowest BCUT2D eigenvalue weighted by Gasteiger charge is -2.13. The first-order valence-corrected chi connectivity index (χ1v) is 8.87. The summed E-state index contributed by atoms with van der Waals surface area (Å²) in [6, 6.07) is 10.8. The van der Waals surface area contributed by atoms with E-state index < -0.39 is 10.2 Å². The summed E-state index contributed by atoms with van der Waals surface area (Å²) >= 11 is 0. The van der Waals surface area contributed by atoms with E-state index in [1.54, 1.807) is 18.2 Å². The number of nitrogens with zero attached hydrogens (tertiary/aromatic N) is 2. The molecule has 0 spiro atoms. The lowest BCUT2D eigenvalue weighted by Crippen LogP contribution is -2.32. The summed E-state index contributed by atoms with van der Waals surface area (Å²) in [7, 11) is -0.513. The average molecular weight is 345 g/mol. The fourth-order valence-corrected chi connectivity index (χ4v) is 3.89. The van der Waals surface area contributed by atoms with Crippen LogP contribution in [0.2, 0.25) is 0 Å². The van der Waals surface area contributed by atoms with Crippen molar-refractivity contribution in [2.45, 2.75) is 13.8 Å². The molecular weight excluding hydrogens is 326 g/mol. The third-order valence-electron chi connectivity index (χ3n) is 4.22. The number of benzene rings is 2. The highest BCUT2D eigenvalue weighted by Crippen LogP contribution is 2.41. The maximum Gasteiger partial charge on any atom is 0.326 e. The van der Waals surface area contributed by atoms with Crippen molar-refractivity contribution in [1.29, 1.82) is 0 Å². The third kappa shape index (κ3) is 2.50. The molecule has 0 unspecified atom stereocenters. The lowest BCUT2D eigenvalue weighted by atomic mass is 10.1. The summed E-state index contributed by atoms with van der Waals surface area (Å²) in [5.41, 5.74) is 4.10. The molecule has 3 rings (SSSR count). The van der Waals surface area contributed by atoms with Crippen LogP contribution in [-0.2, 0) is 10.2 Å². The molecule has 1 aliphatic rings. The van der Waals surface area contributed by atoms with Gasteiger partial charge >= 0.3 is 10.2 Å². The molecule has 0 radical (unpaired) electrons. The van der Waals surface area contributed by atoms with Crippen molar-refractivity contribution in [3.8, 4) is 0 Å². The summed E-state index contributed by atoms with van der Waals surface area (Å²) in [6.45, 7) is 3.76. The van der Waals surface area contributed by atoms with Gasteiger partial charge < -0.3 is 5.32 Å². The zero-order valence-electron chi connectivity index (χ0n) is 14.0. The molecule has 0 aliphatic carbocycles. The largest absolute Gasteiger partial charge is 0.326 e. The highest BCUT2D eigenvalue weighted by atomic mass is 32.2. The Kier molecular flexibility index (Phi) is 3.76. The van der Waals surface area contributed by atoms with Gasteiger partial charge in [0, 0.05) is 25.3 Å². The predicted octanol–water partition coefficient (Wildman–Crippen LogP) is 2.69. The molecule has 2 aromatic carbocycles. The van der Waals surface area contributed by atoms with Crippen molar-refractivity contribution in [3.63, 3.8) is 0 Å². The summed E-state index contributed by atoms with van der Waals surface area (Å²) < 4.78 is 26.9. The van der Waals surface area contributed by atoms with Crippen LogP contribution in [0.1, 0.15) is 21.5 Å². The molecule has 6 nitrogen and oxygen atoms in total. The maximum atomic E-state index is 12.4. The van der Waals surface area contributed by atoms with Crippen LogP contribution in [-0.4, -0.2) is 28.4 Å². The lowest BCUT2D eigenvalue weighted by molar-refractivity contribution is 0.102. The number of nitrogens with one attached hydrogen (secondary N) is 1. The average Bonchev–Trinajstić information content (AvgIpc) is 2.69. The first kappa shape index (κ1) is 16.3. The molecular formula is C17H19N3O3S. The van der Waals surface area contributed by atoms with E-state index in [4.69, 9.17) is 0 Å². The standard InChI is InChI=1S/C17H19N3O3S/c1-11-6-5-7-13(8-11)17(21)18-14-10-16-15(9-12(14)2)19(3)24(22,23)20(16)4/h5-10H,1-4H3,(H,18,21). The van der Waals surface area contributed by atoms with E-state index in [1.807, 2.05) is 32.0 Å². The van der Waals surface area contributed by atoms with Gasteiger partial charge in [0.2, 0.25) is 0 Å². The molecule has 1 N–H and O–H groups in total. The van der Waals surface area contributed by atoms with E-state index in [2.05, 4.69) is 5.32 Å². The van der Waals surface area contributed by atoms with Gasteiger partial charge in [-0.15, -0.1) is 0 Å². The molecule has 2 aromatic rings. The molecule has 0 fully saturated rings. The molecule has 0 bridgehead atoms. The monoisotopic (exact) mass is 345 g/mol. The second-order valence-corrected chi connectivity index (χ2v) is 7.91. The number of amides is 1. The maximum absolute atomic E-state index is 12.4. The molecule has 0 aromatic heterocycles. The van der Waals surface area contributed by atoms with E-state index in [-0.39, 0.29) is 5.91 Å². The summed E-state index contributed by atoms with van der Waals surface area (Å²) in [6.07, 6.45) is 0. The van der Waals surface area contributed by atoms with E-state index in [9.17, 15) is 13.2 Å². The highest BCUT2D eigenvalue weighted by molar-refractivity contribution is 7.94. The Hall–Kier alpha value is -2.54. The Labute approximate surface area is 141 Å². The van der Waals surface area contributed by atoms with Gasteiger partial charge in [-0.2, -0.15) is 8.42 Å². The number of anilines is 3. The number of carbonyl (C=O) groups is 1. The van der Waals surface area contributed by atoms with Crippen LogP contribution in [0, 0.1) is 13.8 Å². The Balaban J connectivity index is 1.97. The van der Waals surface area contributed by atoms with E-state index >= 15 is 0 Å². The molecule has 24 heavy (non-hydrogen) atoms. The highest BCUT2D eigenvalue weighted by Gasteiger charge is 2.36. The van der Waals surface area contributed by atoms with Gasteiger partial charge in [0.1, 0.15) is 0 Å². The number of hydrogen-bond donors (Lipinski definition) is 1. The van der Waals surface area contributed by atoms with E-state index in [1.165, 1.54) is 22.7 Å². The minimum atomic E-state index is -3.53. The molecule has 126 valence electrons. The Morgan fingerprint density at radius 2 is 1.62 bits per heavy atom. The van der Waals surface area contributed by atoms with Gasteiger partial charge in [-0.3, -0.25) is 13.4 Å². The van der Waals surface area contributed by atoms with Crippen LogP contribution in [0.15, 0.2) is 36.4 Å². The minimum absolute atomic E-state index is 0.224. The fourth-order valence-electron chi connectivity index (χ4n) is 2.73. The molecule has 0 saturated carbocycles. The van der Waals surface area contributed by atoms with Gasteiger partial charge in [0.25, 0.3) is 5.91 Å². The third-order valence-corrected chi connectivity index (χ3v) is 6.00. The van der Waals surface area contributed by atoms with Crippen LogP contribution >= 0.6 is 0 Å². The Morgan fingerprint density at radius 3 is 2.25 bits per heavy atom. The van der Waals surface area contributed by atoms with Crippen LogP contribution in [0.4, 0.5) is 17.1 Å². The molecule has 0 atom stereocenters. The van der Waals surface area contributed by atoms with E-state index in [0.29, 0.717) is 22.6 Å². The summed E-state index contributed by atoms with van der Waals surface area (Å²) in [5, 5.41) is 2.87. The zero-order chi connectivity index (χ0) is 17.6. The quantitative estimate of drug-likeness (QED) is 0.910. The SMILES string of the molecule is Cc1cccc(C(=O)Nc2cc3c(cc2C)N(C)S(=O)(=O)N3C)c1. The van der Waals surface area contributed by atoms with Gasteiger partial charge in [0.15, 0.2) is 0 Å². The molecule has 0 saturated heterocycles. The van der Waals surface area contributed by atoms with Gasteiger partial charge in [-0.05, 0) is 43.7 Å². The minimum Gasteiger partial charge on any atom is -0.322 e. The van der Waals surface area contributed by atoms with Gasteiger partial charge in [-0.1, -0.05) is 17.7 Å². The fraction of sp³-hybridized carbons (Fsp3) is 0.235. The summed E-state index contributed by atoms with van der Waals surface area (Å²) in [5.74, 6) is -0.224. The van der Waals surface area contributed by atoms with Crippen LogP contribution in [0.3, 0.4) is 0 Å².